The minimum atomic E-state index is 0.689. The van der Waals surface area contributed by atoms with Crippen LogP contribution in [0, 0.1) is 23.2 Å². The van der Waals surface area contributed by atoms with Gasteiger partial charge in [0.05, 0.1) is 18.2 Å². The third-order valence-electron chi connectivity index (χ3n) is 5.44. The van der Waals surface area contributed by atoms with Gasteiger partial charge >= 0.3 is 0 Å². The van der Waals surface area contributed by atoms with Gasteiger partial charge in [0.25, 0.3) is 0 Å². The lowest BCUT2D eigenvalue weighted by Crippen LogP contribution is -2.15. The zero-order valence-electron chi connectivity index (χ0n) is 15.3. The smallest absolute Gasteiger partial charge is 0.119 e. The summed E-state index contributed by atoms with van der Waals surface area (Å²) in [7, 11) is 0. The van der Waals surface area contributed by atoms with E-state index in [-0.39, 0.29) is 0 Å². The Morgan fingerprint density at radius 2 is 1.54 bits per heavy atom. The summed E-state index contributed by atoms with van der Waals surface area (Å²) in [6.45, 7) is 3.08. The average Bonchev–Trinajstić information content (AvgIpc) is 2.64. The van der Waals surface area contributed by atoms with Crippen LogP contribution >= 0.6 is 0 Å². The number of rotatable bonds is 10. The molecule has 0 amide bonds. The molecule has 1 aromatic rings. The lowest BCUT2D eigenvalue weighted by Gasteiger charge is -2.28. The molecule has 0 saturated heterocycles. The van der Waals surface area contributed by atoms with Gasteiger partial charge in [-0.3, -0.25) is 0 Å². The van der Waals surface area contributed by atoms with Crippen molar-refractivity contribution in [2.45, 2.75) is 77.6 Å². The van der Waals surface area contributed by atoms with E-state index in [4.69, 9.17) is 10.00 Å². The molecule has 1 aliphatic rings. The fourth-order valence-electron chi connectivity index (χ4n) is 3.86. The number of hydrogen-bond donors (Lipinski definition) is 0. The Kier molecular flexibility index (Phi) is 8.74. The summed E-state index contributed by atoms with van der Waals surface area (Å²) in [6.07, 6.45) is 15.3. The Morgan fingerprint density at radius 1 is 0.917 bits per heavy atom. The molecule has 1 fully saturated rings. The van der Waals surface area contributed by atoms with Crippen LogP contribution < -0.4 is 4.74 Å². The maximum Gasteiger partial charge on any atom is 0.119 e. The monoisotopic (exact) mass is 327 g/mol. The van der Waals surface area contributed by atoms with Crippen molar-refractivity contribution in [3.8, 4) is 11.8 Å². The van der Waals surface area contributed by atoms with Crippen molar-refractivity contribution in [3.05, 3.63) is 29.8 Å². The Hall–Kier alpha value is -1.49. The zero-order chi connectivity index (χ0) is 17.0. The van der Waals surface area contributed by atoms with Crippen LogP contribution in [-0.2, 0) is 0 Å². The molecule has 24 heavy (non-hydrogen) atoms. The summed E-state index contributed by atoms with van der Waals surface area (Å²) in [5.74, 6) is 2.80. The summed E-state index contributed by atoms with van der Waals surface area (Å²) < 4.78 is 5.78. The normalized spacial score (nSPS) is 20.5. The van der Waals surface area contributed by atoms with Gasteiger partial charge in [-0.05, 0) is 48.9 Å². The van der Waals surface area contributed by atoms with Crippen molar-refractivity contribution in [1.29, 1.82) is 5.26 Å². The molecule has 0 aromatic heterocycles. The summed E-state index contributed by atoms with van der Waals surface area (Å²) >= 11 is 0. The number of nitriles is 1. The van der Waals surface area contributed by atoms with Gasteiger partial charge < -0.3 is 4.74 Å². The quantitative estimate of drug-likeness (QED) is 0.460. The van der Waals surface area contributed by atoms with Crippen LogP contribution in [0.2, 0.25) is 0 Å². The van der Waals surface area contributed by atoms with E-state index >= 15 is 0 Å². The van der Waals surface area contributed by atoms with Crippen LogP contribution in [0.1, 0.15) is 83.1 Å². The van der Waals surface area contributed by atoms with E-state index in [0.29, 0.717) is 5.56 Å². The van der Waals surface area contributed by atoms with E-state index < -0.39 is 0 Å². The molecule has 2 heteroatoms. The largest absolute Gasteiger partial charge is 0.494 e. The standard InChI is InChI=1S/C22H33NO/c1-2-3-4-5-7-19-9-11-20(12-10-19)8-6-17-24-22-15-13-21(18-23)14-16-22/h13-16,19-20H,2-12,17H2,1H3. The summed E-state index contributed by atoms with van der Waals surface area (Å²) in [4.78, 5) is 0. The van der Waals surface area contributed by atoms with E-state index in [9.17, 15) is 0 Å². The van der Waals surface area contributed by atoms with E-state index in [1.807, 2.05) is 24.3 Å². The first kappa shape index (κ1) is 18.8. The van der Waals surface area contributed by atoms with Crippen LogP contribution in [0.25, 0.3) is 0 Å². The highest BCUT2D eigenvalue weighted by Crippen LogP contribution is 2.34. The van der Waals surface area contributed by atoms with Crippen LogP contribution in [0.5, 0.6) is 5.75 Å². The maximum absolute atomic E-state index is 8.79. The molecule has 132 valence electrons. The van der Waals surface area contributed by atoms with E-state index in [0.717, 1.165) is 30.6 Å². The summed E-state index contributed by atoms with van der Waals surface area (Å²) in [5, 5.41) is 8.79. The Bertz CT molecular complexity index is 480. The molecule has 2 rings (SSSR count). The molecule has 2 nitrogen and oxygen atoms in total. The molecule has 1 saturated carbocycles. The SMILES string of the molecule is CCCCCCC1CCC(CCCOc2ccc(C#N)cc2)CC1. The van der Waals surface area contributed by atoms with Gasteiger partial charge in [0, 0.05) is 0 Å². The average molecular weight is 328 g/mol. The molecule has 0 atom stereocenters. The molecule has 1 aromatic carbocycles. The molecule has 0 bridgehead atoms. The number of nitrogens with zero attached hydrogens (tertiary/aromatic N) is 1. The van der Waals surface area contributed by atoms with Crippen molar-refractivity contribution in [3.63, 3.8) is 0 Å². The molecule has 0 aliphatic heterocycles. The molecular weight excluding hydrogens is 294 g/mol. The molecule has 0 N–H and O–H groups in total. The lowest BCUT2D eigenvalue weighted by molar-refractivity contribution is 0.228. The third kappa shape index (κ3) is 6.95. The van der Waals surface area contributed by atoms with Crippen LogP contribution in [0.4, 0.5) is 0 Å². The maximum atomic E-state index is 8.79. The summed E-state index contributed by atoms with van der Waals surface area (Å²) in [5.41, 5.74) is 0.689. The van der Waals surface area contributed by atoms with Crippen molar-refractivity contribution in [1.82, 2.24) is 0 Å². The zero-order valence-corrected chi connectivity index (χ0v) is 15.3. The van der Waals surface area contributed by atoms with Gasteiger partial charge in [-0.1, -0.05) is 64.7 Å². The second-order valence-electron chi connectivity index (χ2n) is 7.36. The van der Waals surface area contributed by atoms with Gasteiger partial charge in [0.15, 0.2) is 0 Å². The first-order valence-corrected chi connectivity index (χ1v) is 9.94. The predicted molar refractivity (Wildman–Crippen MR) is 100 cm³/mol. The fourth-order valence-corrected chi connectivity index (χ4v) is 3.86. The minimum Gasteiger partial charge on any atom is -0.494 e. The molecule has 0 heterocycles. The first-order chi connectivity index (χ1) is 11.8. The van der Waals surface area contributed by atoms with Gasteiger partial charge in [0.1, 0.15) is 5.75 Å². The second-order valence-corrected chi connectivity index (χ2v) is 7.36. The van der Waals surface area contributed by atoms with Crippen LogP contribution in [-0.4, -0.2) is 6.61 Å². The Labute approximate surface area is 148 Å². The van der Waals surface area contributed by atoms with Crippen molar-refractivity contribution in [2.24, 2.45) is 11.8 Å². The van der Waals surface area contributed by atoms with Crippen molar-refractivity contribution in [2.75, 3.05) is 6.61 Å². The minimum absolute atomic E-state index is 0.689. The number of benzene rings is 1. The molecule has 0 radical (unpaired) electrons. The highest BCUT2D eigenvalue weighted by Gasteiger charge is 2.20. The predicted octanol–water partition coefficient (Wildman–Crippen LogP) is 6.49. The lowest BCUT2D eigenvalue weighted by atomic mass is 9.78. The topological polar surface area (TPSA) is 33.0 Å². The van der Waals surface area contributed by atoms with Crippen molar-refractivity contribution >= 4 is 0 Å². The third-order valence-corrected chi connectivity index (χ3v) is 5.44. The molecule has 0 unspecified atom stereocenters. The first-order valence-electron chi connectivity index (χ1n) is 9.94. The fraction of sp³-hybridized carbons (Fsp3) is 0.682. The molecule has 0 spiro atoms. The van der Waals surface area contributed by atoms with Gasteiger partial charge in [-0.15, -0.1) is 0 Å². The molecule has 1 aliphatic carbocycles. The summed E-state index contributed by atoms with van der Waals surface area (Å²) in [6, 6.07) is 9.55. The van der Waals surface area contributed by atoms with E-state index in [1.54, 1.807) is 0 Å². The number of unbranched alkanes of at least 4 members (excludes halogenated alkanes) is 3. The Balaban J connectivity index is 1.52. The van der Waals surface area contributed by atoms with E-state index in [2.05, 4.69) is 13.0 Å². The van der Waals surface area contributed by atoms with Gasteiger partial charge in [0.2, 0.25) is 0 Å². The highest BCUT2D eigenvalue weighted by atomic mass is 16.5. The van der Waals surface area contributed by atoms with Crippen LogP contribution in [0.15, 0.2) is 24.3 Å². The second kappa shape index (κ2) is 11.1. The van der Waals surface area contributed by atoms with Crippen molar-refractivity contribution < 1.29 is 4.74 Å². The Morgan fingerprint density at radius 3 is 2.12 bits per heavy atom. The van der Waals surface area contributed by atoms with E-state index in [1.165, 1.54) is 64.2 Å². The van der Waals surface area contributed by atoms with Gasteiger partial charge in [-0.2, -0.15) is 5.26 Å². The van der Waals surface area contributed by atoms with Gasteiger partial charge in [-0.25, -0.2) is 0 Å². The highest BCUT2D eigenvalue weighted by molar-refractivity contribution is 5.34. The van der Waals surface area contributed by atoms with Crippen LogP contribution in [0.3, 0.4) is 0 Å². The molecular formula is C22H33NO. The number of ether oxygens (including phenoxy) is 1. The number of hydrogen-bond acceptors (Lipinski definition) is 2.